The normalized spacial score (nSPS) is 10.2. The van der Waals surface area contributed by atoms with Crippen molar-refractivity contribution >= 4 is 33.5 Å². The predicted molar refractivity (Wildman–Crippen MR) is 83.5 cm³/mol. The highest BCUT2D eigenvalue weighted by Gasteiger charge is 2.10. The zero-order valence-corrected chi connectivity index (χ0v) is 12.7. The van der Waals surface area contributed by atoms with E-state index < -0.39 is 0 Å². The van der Waals surface area contributed by atoms with Crippen molar-refractivity contribution in [2.75, 3.05) is 6.26 Å². The molecule has 3 nitrogen and oxygen atoms in total. The van der Waals surface area contributed by atoms with E-state index in [4.69, 9.17) is 15.9 Å². The number of hydrogen-bond acceptors (Lipinski definition) is 3. The highest BCUT2D eigenvalue weighted by molar-refractivity contribution is 9.10. The topological polar surface area (TPSA) is 59.1 Å². The Morgan fingerprint density at radius 1 is 1.21 bits per heavy atom. The molecule has 0 saturated carbocycles. The van der Waals surface area contributed by atoms with Crippen LogP contribution in [0.1, 0.15) is 5.56 Å². The first-order chi connectivity index (χ1) is 9.11. The summed E-state index contributed by atoms with van der Waals surface area (Å²) in [6, 6.07) is 13.2. The zero-order chi connectivity index (χ0) is 13.8. The summed E-state index contributed by atoms with van der Waals surface area (Å²) in [4.78, 5) is 1.04. The van der Waals surface area contributed by atoms with Crippen molar-refractivity contribution in [3.63, 3.8) is 0 Å². The summed E-state index contributed by atoms with van der Waals surface area (Å²) in [5, 5.41) is 7.59. The quantitative estimate of drug-likeness (QED) is 0.498. The van der Waals surface area contributed by atoms with Crippen molar-refractivity contribution in [2.24, 2.45) is 5.73 Å². The van der Waals surface area contributed by atoms with E-state index in [1.54, 1.807) is 17.8 Å². The molecule has 0 aliphatic heterocycles. The molecule has 5 heteroatoms. The third-order valence-electron chi connectivity index (χ3n) is 2.52. The third-order valence-corrected chi connectivity index (χ3v) is 3.79. The van der Waals surface area contributed by atoms with Crippen molar-refractivity contribution in [3.8, 4) is 11.5 Å². The molecule has 0 amide bonds. The van der Waals surface area contributed by atoms with Crippen molar-refractivity contribution in [1.82, 2.24) is 0 Å². The molecule has 0 atom stereocenters. The van der Waals surface area contributed by atoms with Crippen LogP contribution in [-0.2, 0) is 0 Å². The van der Waals surface area contributed by atoms with E-state index in [0.717, 1.165) is 15.1 Å². The second-order valence-electron chi connectivity index (χ2n) is 3.81. The Balaban J connectivity index is 2.42. The van der Waals surface area contributed by atoms with Crippen LogP contribution in [0.25, 0.3) is 0 Å². The first kappa shape index (κ1) is 14.0. The molecule has 3 N–H and O–H groups in total. The molecular formula is C14H13BrN2OS. The van der Waals surface area contributed by atoms with E-state index >= 15 is 0 Å². The van der Waals surface area contributed by atoms with Gasteiger partial charge in [-0.25, -0.2) is 0 Å². The fraction of sp³-hybridized carbons (Fsp3) is 0.0714. The Morgan fingerprint density at radius 2 is 1.95 bits per heavy atom. The monoisotopic (exact) mass is 336 g/mol. The molecule has 19 heavy (non-hydrogen) atoms. The van der Waals surface area contributed by atoms with Crippen molar-refractivity contribution in [2.45, 2.75) is 4.90 Å². The second kappa shape index (κ2) is 6.12. The standard InChI is InChI=1S/C14H13BrN2OS/c1-19-13-5-3-2-4-11(13)18-12-8-9(15)6-7-10(12)14(16)17/h2-8H,1H3,(H3,16,17). The summed E-state index contributed by atoms with van der Waals surface area (Å²) in [5.41, 5.74) is 6.15. The molecule has 2 rings (SSSR count). The number of nitrogen functional groups attached to an aromatic ring is 1. The van der Waals surface area contributed by atoms with Gasteiger partial charge in [0.15, 0.2) is 0 Å². The number of halogens is 1. The van der Waals surface area contributed by atoms with Crippen LogP contribution in [0.15, 0.2) is 51.8 Å². The molecule has 0 spiro atoms. The Labute approximate surface area is 124 Å². The Kier molecular flexibility index (Phi) is 4.50. The summed E-state index contributed by atoms with van der Waals surface area (Å²) in [7, 11) is 0. The van der Waals surface area contributed by atoms with Gasteiger partial charge in [0.25, 0.3) is 0 Å². The van der Waals surface area contributed by atoms with Crippen LogP contribution in [0.5, 0.6) is 11.5 Å². The first-order valence-corrected chi connectivity index (χ1v) is 7.58. The molecule has 98 valence electrons. The van der Waals surface area contributed by atoms with Crippen molar-refractivity contribution in [3.05, 3.63) is 52.5 Å². The number of benzene rings is 2. The molecule has 0 aliphatic carbocycles. The smallest absolute Gasteiger partial charge is 0.141 e. The molecule has 0 unspecified atom stereocenters. The van der Waals surface area contributed by atoms with Crippen LogP contribution in [-0.4, -0.2) is 12.1 Å². The molecule has 0 fully saturated rings. The van der Waals surface area contributed by atoms with E-state index in [-0.39, 0.29) is 5.84 Å². The maximum absolute atomic E-state index is 7.59. The number of para-hydroxylation sites is 1. The maximum atomic E-state index is 7.59. The predicted octanol–water partition coefficient (Wildman–Crippen LogP) is 4.25. The molecule has 0 heterocycles. The fourth-order valence-corrected chi connectivity index (χ4v) is 2.49. The first-order valence-electron chi connectivity index (χ1n) is 5.56. The van der Waals surface area contributed by atoms with Crippen LogP contribution in [0, 0.1) is 5.41 Å². The van der Waals surface area contributed by atoms with Gasteiger partial charge < -0.3 is 10.5 Å². The maximum Gasteiger partial charge on any atom is 0.141 e. The average molecular weight is 337 g/mol. The minimum absolute atomic E-state index is 0.0101. The Bertz CT molecular complexity index is 616. The van der Waals surface area contributed by atoms with Gasteiger partial charge >= 0.3 is 0 Å². The molecule has 0 bridgehead atoms. The second-order valence-corrected chi connectivity index (χ2v) is 5.57. The van der Waals surface area contributed by atoms with Gasteiger partial charge in [-0.3, -0.25) is 5.41 Å². The van der Waals surface area contributed by atoms with Gasteiger partial charge in [-0.1, -0.05) is 28.1 Å². The van der Waals surface area contributed by atoms with E-state index in [2.05, 4.69) is 15.9 Å². The number of nitrogens with one attached hydrogen (secondary N) is 1. The van der Waals surface area contributed by atoms with E-state index in [9.17, 15) is 0 Å². The molecule has 0 aromatic heterocycles. The lowest BCUT2D eigenvalue weighted by atomic mass is 10.2. The lowest BCUT2D eigenvalue weighted by Gasteiger charge is -2.13. The zero-order valence-electron chi connectivity index (χ0n) is 10.3. The molecule has 0 radical (unpaired) electrons. The van der Waals surface area contributed by atoms with Gasteiger partial charge in [-0.05, 0) is 36.6 Å². The van der Waals surface area contributed by atoms with E-state index in [1.807, 2.05) is 42.7 Å². The average Bonchev–Trinajstić information content (AvgIpc) is 2.39. The van der Waals surface area contributed by atoms with Crippen LogP contribution >= 0.6 is 27.7 Å². The summed E-state index contributed by atoms with van der Waals surface area (Å²) in [5.74, 6) is 1.32. The van der Waals surface area contributed by atoms with Gasteiger partial charge in [-0.2, -0.15) is 0 Å². The van der Waals surface area contributed by atoms with Crippen molar-refractivity contribution < 1.29 is 4.74 Å². The largest absolute Gasteiger partial charge is 0.455 e. The van der Waals surface area contributed by atoms with Gasteiger partial charge in [-0.15, -0.1) is 11.8 Å². The van der Waals surface area contributed by atoms with Crippen molar-refractivity contribution in [1.29, 1.82) is 5.41 Å². The SMILES string of the molecule is CSc1ccccc1Oc1cc(Br)ccc1C(=N)N. The van der Waals surface area contributed by atoms with Crippen LogP contribution in [0.2, 0.25) is 0 Å². The lowest BCUT2D eigenvalue weighted by molar-refractivity contribution is 0.470. The van der Waals surface area contributed by atoms with Gasteiger partial charge in [0.2, 0.25) is 0 Å². The third kappa shape index (κ3) is 3.30. The molecule has 2 aromatic carbocycles. The summed E-state index contributed by atoms with van der Waals surface area (Å²) < 4.78 is 6.79. The van der Waals surface area contributed by atoms with Crippen LogP contribution in [0.4, 0.5) is 0 Å². The van der Waals surface area contributed by atoms with Gasteiger partial charge in [0, 0.05) is 9.37 Å². The summed E-state index contributed by atoms with van der Waals surface area (Å²) in [6.45, 7) is 0. The van der Waals surface area contributed by atoms with E-state index in [0.29, 0.717) is 11.3 Å². The van der Waals surface area contributed by atoms with Gasteiger partial charge in [0.05, 0.1) is 5.56 Å². The number of ether oxygens (including phenoxy) is 1. The number of hydrogen-bond donors (Lipinski definition) is 2. The summed E-state index contributed by atoms with van der Waals surface area (Å²) >= 11 is 5.01. The molecule has 0 aliphatic rings. The number of thioether (sulfide) groups is 1. The Morgan fingerprint density at radius 3 is 2.63 bits per heavy atom. The fourth-order valence-electron chi connectivity index (χ4n) is 1.62. The summed E-state index contributed by atoms with van der Waals surface area (Å²) in [6.07, 6.45) is 2.00. The number of nitrogens with two attached hydrogens (primary N) is 1. The molecule has 2 aromatic rings. The number of rotatable bonds is 4. The minimum atomic E-state index is -0.0101. The van der Waals surface area contributed by atoms with Crippen LogP contribution < -0.4 is 10.5 Å². The van der Waals surface area contributed by atoms with Crippen LogP contribution in [0.3, 0.4) is 0 Å². The minimum Gasteiger partial charge on any atom is -0.455 e. The highest BCUT2D eigenvalue weighted by atomic mass is 79.9. The molecule has 0 saturated heterocycles. The molecular weight excluding hydrogens is 324 g/mol. The highest BCUT2D eigenvalue weighted by Crippen LogP contribution is 2.34. The number of amidine groups is 1. The van der Waals surface area contributed by atoms with Gasteiger partial charge in [0.1, 0.15) is 17.3 Å². The van der Waals surface area contributed by atoms with E-state index in [1.165, 1.54) is 0 Å². The lowest BCUT2D eigenvalue weighted by Crippen LogP contribution is -2.12. The Hall–Kier alpha value is -1.46.